The van der Waals surface area contributed by atoms with Crippen molar-refractivity contribution in [3.63, 3.8) is 0 Å². The Morgan fingerprint density at radius 1 is 0.296 bits per heavy atom. The number of hydrogen-bond acceptors (Lipinski definition) is 6. The van der Waals surface area contributed by atoms with Gasteiger partial charge in [0.1, 0.15) is 13.2 Å². The van der Waals surface area contributed by atoms with Gasteiger partial charge in [-0.05, 0) is 96.3 Å². The Bertz CT molecular complexity index is 1370. The van der Waals surface area contributed by atoms with Gasteiger partial charge in [-0.3, -0.25) is 14.4 Å². The Morgan fingerprint density at radius 3 is 0.859 bits per heavy atom. The summed E-state index contributed by atoms with van der Waals surface area (Å²) in [7, 11) is 0. The Morgan fingerprint density at radius 2 is 0.549 bits per heavy atom. The lowest BCUT2D eigenvalue weighted by Crippen LogP contribution is -2.30. The molecule has 0 aliphatic rings. The lowest BCUT2D eigenvalue weighted by molar-refractivity contribution is -0.167. The maximum Gasteiger partial charge on any atom is 0.306 e. The van der Waals surface area contributed by atoms with Crippen LogP contribution in [-0.4, -0.2) is 37.2 Å². The molecule has 0 aromatic carbocycles. The van der Waals surface area contributed by atoms with E-state index in [1.807, 2.05) is 0 Å². The molecule has 0 heterocycles. The monoisotopic (exact) mass is 989 g/mol. The maximum atomic E-state index is 12.8. The number of carbonyl (C=O) groups is 3. The van der Waals surface area contributed by atoms with E-state index in [9.17, 15) is 14.4 Å². The van der Waals surface area contributed by atoms with E-state index in [2.05, 4.69) is 106 Å². The third kappa shape index (κ3) is 57.4. The fourth-order valence-electron chi connectivity index (χ4n) is 8.38. The van der Waals surface area contributed by atoms with Gasteiger partial charge in [-0.15, -0.1) is 0 Å². The number of carbonyl (C=O) groups excluding carboxylic acids is 3. The topological polar surface area (TPSA) is 78.9 Å². The summed E-state index contributed by atoms with van der Waals surface area (Å²) in [5, 5.41) is 0. The smallest absolute Gasteiger partial charge is 0.306 e. The predicted molar refractivity (Wildman–Crippen MR) is 307 cm³/mol. The first-order valence-corrected chi connectivity index (χ1v) is 30.1. The van der Waals surface area contributed by atoms with Crippen molar-refractivity contribution in [2.45, 2.75) is 297 Å². The molecule has 0 aliphatic carbocycles. The zero-order valence-corrected chi connectivity index (χ0v) is 46.7. The van der Waals surface area contributed by atoms with Crippen LogP contribution in [0.2, 0.25) is 0 Å². The summed E-state index contributed by atoms with van der Waals surface area (Å²) in [6, 6.07) is 0. The molecule has 0 saturated heterocycles. The average Bonchev–Trinajstić information content (AvgIpc) is 3.37. The van der Waals surface area contributed by atoms with Crippen LogP contribution < -0.4 is 0 Å². The molecule has 0 fully saturated rings. The van der Waals surface area contributed by atoms with Crippen molar-refractivity contribution >= 4 is 17.9 Å². The molecule has 1 atom stereocenters. The molecule has 0 bridgehead atoms. The molecular formula is C65H112O6. The normalized spacial score (nSPS) is 12.7. The molecule has 71 heavy (non-hydrogen) atoms. The van der Waals surface area contributed by atoms with Crippen LogP contribution in [0.3, 0.4) is 0 Å². The SMILES string of the molecule is CC/C=C\C/C=C\C/C=C\C/C=C\CCCCCCCCC(=O)OC(COC(=O)CCCCCCCCC)COC(=O)CCCCCCCCCCCCCC/C=C\C/C=C\C/C=C\CCCCCCC. The highest BCUT2D eigenvalue weighted by Crippen LogP contribution is 2.16. The molecule has 0 spiro atoms. The molecule has 1 unspecified atom stereocenters. The number of rotatable bonds is 54. The second kappa shape index (κ2) is 59.2. The number of allylic oxidation sites excluding steroid dienone is 14. The fourth-order valence-corrected chi connectivity index (χ4v) is 8.38. The largest absolute Gasteiger partial charge is 0.462 e. The summed E-state index contributed by atoms with van der Waals surface area (Å²) in [6.45, 7) is 6.47. The molecule has 0 rings (SSSR count). The Balaban J connectivity index is 4.16. The summed E-state index contributed by atoms with van der Waals surface area (Å²) in [5.74, 6) is -0.898. The van der Waals surface area contributed by atoms with Crippen LogP contribution in [-0.2, 0) is 28.6 Å². The van der Waals surface area contributed by atoms with Crippen LogP contribution >= 0.6 is 0 Å². The summed E-state index contributed by atoms with van der Waals surface area (Å²) in [6.07, 6.45) is 77.5. The first-order valence-electron chi connectivity index (χ1n) is 30.1. The second-order valence-corrected chi connectivity index (χ2v) is 19.9. The van der Waals surface area contributed by atoms with Gasteiger partial charge in [-0.25, -0.2) is 0 Å². The van der Waals surface area contributed by atoms with Crippen LogP contribution in [0.15, 0.2) is 85.1 Å². The number of esters is 3. The van der Waals surface area contributed by atoms with E-state index < -0.39 is 6.10 Å². The summed E-state index contributed by atoms with van der Waals surface area (Å²) in [4.78, 5) is 38.0. The standard InChI is InChI=1S/C65H112O6/c1-4-7-10-13-16-18-20-22-24-26-28-29-30-31-32-33-34-35-37-38-40-42-44-46-49-52-55-58-64(67)70-61-62(60-69-63(66)57-54-51-48-15-12-9-6-3)71-65(68)59-56-53-50-47-45-43-41-39-36-27-25-23-21-19-17-14-11-8-5-2/h8,11,17,19-20,22-23,25-26,28,30-31,36,39,62H,4-7,9-10,12-16,18,21,24,27,29,32-35,37-38,40-61H2,1-3H3/b11-8-,19-17-,22-20-,25-23-,28-26-,31-30-,39-36-. The Labute approximate surface area is 439 Å². The van der Waals surface area contributed by atoms with E-state index in [1.165, 1.54) is 141 Å². The minimum Gasteiger partial charge on any atom is -0.462 e. The maximum absolute atomic E-state index is 12.8. The molecular weight excluding hydrogens is 877 g/mol. The summed E-state index contributed by atoms with van der Waals surface area (Å²) < 4.78 is 16.8. The zero-order valence-electron chi connectivity index (χ0n) is 46.7. The molecule has 0 aromatic rings. The second-order valence-electron chi connectivity index (χ2n) is 19.9. The molecule has 0 radical (unpaired) electrons. The average molecular weight is 990 g/mol. The first-order chi connectivity index (χ1) is 35.0. The van der Waals surface area contributed by atoms with E-state index in [4.69, 9.17) is 14.2 Å². The number of unbranched alkanes of at least 4 members (excludes halogenated alkanes) is 29. The van der Waals surface area contributed by atoms with Gasteiger partial charge in [0, 0.05) is 19.3 Å². The van der Waals surface area contributed by atoms with Crippen LogP contribution in [0.5, 0.6) is 0 Å². The van der Waals surface area contributed by atoms with E-state index in [0.717, 1.165) is 109 Å². The first kappa shape index (κ1) is 67.6. The van der Waals surface area contributed by atoms with E-state index in [1.54, 1.807) is 0 Å². The lowest BCUT2D eigenvalue weighted by atomic mass is 10.0. The van der Waals surface area contributed by atoms with Crippen molar-refractivity contribution in [2.75, 3.05) is 13.2 Å². The minimum absolute atomic E-state index is 0.0818. The molecule has 0 amide bonds. The van der Waals surface area contributed by atoms with Crippen molar-refractivity contribution in [3.8, 4) is 0 Å². The van der Waals surface area contributed by atoms with Crippen LogP contribution in [0.1, 0.15) is 290 Å². The molecule has 0 saturated carbocycles. The summed E-state index contributed by atoms with van der Waals surface area (Å²) >= 11 is 0. The third-order valence-corrected chi connectivity index (χ3v) is 12.9. The molecule has 408 valence electrons. The minimum atomic E-state index is -0.782. The van der Waals surface area contributed by atoms with E-state index in [-0.39, 0.29) is 31.1 Å². The van der Waals surface area contributed by atoms with E-state index >= 15 is 0 Å². The molecule has 6 heteroatoms. The van der Waals surface area contributed by atoms with E-state index in [0.29, 0.717) is 19.3 Å². The van der Waals surface area contributed by atoms with Gasteiger partial charge in [-0.1, -0.05) is 260 Å². The Kier molecular flexibility index (Phi) is 56.3. The quantitative estimate of drug-likeness (QED) is 0.0261. The highest BCUT2D eigenvalue weighted by atomic mass is 16.6. The summed E-state index contributed by atoms with van der Waals surface area (Å²) in [5.41, 5.74) is 0. The van der Waals surface area contributed by atoms with Gasteiger partial charge in [0.05, 0.1) is 0 Å². The van der Waals surface area contributed by atoms with Gasteiger partial charge >= 0.3 is 17.9 Å². The van der Waals surface area contributed by atoms with Gasteiger partial charge in [0.25, 0.3) is 0 Å². The van der Waals surface area contributed by atoms with Gasteiger partial charge in [-0.2, -0.15) is 0 Å². The molecule has 0 aliphatic heterocycles. The van der Waals surface area contributed by atoms with Crippen LogP contribution in [0.4, 0.5) is 0 Å². The van der Waals surface area contributed by atoms with Crippen molar-refractivity contribution < 1.29 is 28.6 Å². The lowest BCUT2D eigenvalue weighted by Gasteiger charge is -2.18. The highest BCUT2D eigenvalue weighted by Gasteiger charge is 2.19. The van der Waals surface area contributed by atoms with Crippen molar-refractivity contribution in [3.05, 3.63) is 85.1 Å². The Hall–Kier alpha value is -3.41. The van der Waals surface area contributed by atoms with Crippen molar-refractivity contribution in [1.29, 1.82) is 0 Å². The van der Waals surface area contributed by atoms with Crippen molar-refractivity contribution in [1.82, 2.24) is 0 Å². The van der Waals surface area contributed by atoms with Crippen LogP contribution in [0, 0.1) is 0 Å². The van der Waals surface area contributed by atoms with Gasteiger partial charge < -0.3 is 14.2 Å². The predicted octanol–water partition coefficient (Wildman–Crippen LogP) is 20.3. The fraction of sp³-hybridized carbons (Fsp3) is 0.738. The van der Waals surface area contributed by atoms with Gasteiger partial charge in [0.15, 0.2) is 6.10 Å². The molecule has 0 N–H and O–H groups in total. The van der Waals surface area contributed by atoms with Gasteiger partial charge in [0.2, 0.25) is 0 Å². The molecule has 0 aromatic heterocycles. The zero-order chi connectivity index (χ0) is 51.4. The number of hydrogen-bond donors (Lipinski definition) is 0. The van der Waals surface area contributed by atoms with Crippen LogP contribution in [0.25, 0.3) is 0 Å². The third-order valence-electron chi connectivity index (χ3n) is 12.9. The highest BCUT2D eigenvalue weighted by molar-refractivity contribution is 5.71. The van der Waals surface area contributed by atoms with Crippen molar-refractivity contribution in [2.24, 2.45) is 0 Å². The molecule has 6 nitrogen and oxygen atoms in total. The number of ether oxygens (including phenoxy) is 3.